The van der Waals surface area contributed by atoms with Crippen molar-refractivity contribution in [2.45, 2.75) is 53.6 Å². The molecule has 1 aliphatic carbocycles. The maximum atomic E-state index is 5.12. The second kappa shape index (κ2) is 4.82. The molecule has 0 radical (unpaired) electrons. The second-order valence-corrected chi connectivity index (χ2v) is 6.77. The predicted molar refractivity (Wildman–Crippen MR) is 78.4 cm³/mol. The first-order chi connectivity index (χ1) is 8.80. The standard InChI is InChI=1S/C15H27N3O/c1-11-10-18(8-7-9-19-6)13(16-11)17-12-14(2,3)15(12,4)5/h10,12H,7-9H2,1-6H3,(H,16,17). The summed E-state index contributed by atoms with van der Waals surface area (Å²) in [6.45, 7) is 13.0. The minimum absolute atomic E-state index is 0.324. The first-order valence-electron chi connectivity index (χ1n) is 7.10. The van der Waals surface area contributed by atoms with Crippen LogP contribution < -0.4 is 5.32 Å². The Labute approximate surface area is 116 Å². The highest BCUT2D eigenvalue weighted by atomic mass is 16.5. The molecule has 1 aromatic heterocycles. The Bertz CT molecular complexity index is 434. The van der Waals surface area contributed by atoms with Gasteiger partial charge in [0.05, 0.1) is 5.69 Å². The summed E-state index contributed by atoms with van der Waals surface area (Å²) >= 11 is 0. The third-order valence-corrected chi connectivity index (χ3v) is 4.94. The van der Waals surface area contributed by atoms with Crippen LogP contribution in [0.15, 0.2) is 6.20 Å². The van der Waals surface area contributed by atoms with E-state index in [1.165, 1.54) is 0 Å². The molecule has 4 nitrogen and oxygen atoms in total. The normalized spacial score (nSPS) is 20.5. The van der Waals surface area contributed by atoms with Crippen LogP contribution in [0.4, 0.5) is 5.95 Å². The number of nitrogens with one attached hydrogen (secondary N) is 1. The molecule has 1 aliphatic rings. The predicted octanol–water partition coefficient (Wildman–Crippen LogP) is 3.07. The Morgan fingerprint density at radius 2 is 1.95 bits per heavy atom. The summed E-state index contributed by atoms with van der Waals surface area (Å²) < 4.78 is 7.32. The lowest BCUT2D eigenvalue weighted by Gasteiger charge is -2.11. The Kier molecular flexibility index (Phi) is 3.65. The van der Waals surface area contributed by atoms with Gasteiger partial charge in [0.25, 0.3) is 0 Å². The van der Waals surface area contributed by atoms with Crippen LogP contribution in [-0.2, 0) is 11.3 Å². The monoisotopic (exact) mass is 265 g/mol. The lowest BCUT2D eigenvalue weighted by Crippen LogP contribution is -2.15. The average molecular weight is 265 g/mol. The van der Waals surface area contributed by atoms with Crippen LogP contribution >= 0.6 is 0 Å². The number of hydrogen-bond donors (Lipinski definition) is 1. The summed E-state index contributed by atoms with van der Waals surface area (Å²) in [4.78, 5) is 4.61. The smallest absolute Gasteiger partial charge is 0.203 e. The van der Waals surface area contributed by atoms with Gasteiger partial charge in [-0.05, 0) is 24.2 Å². The summed E-state index contributed by atoms with van der Waals surface area (Å²) in [6, 6.07) is 0.489. The van der Waals surface area contributed by atoms with Crippen LogP contribution in [0.1, 0.15) is 39.8 Å². The van der Waals surface area contributed by atoms with Crippen molar-refractivity contribution >= 4 is 5.95 Å². The minimum Gasteiger partial charge on any atom is -0.385 e. The quantitative estimate of drug-likeness (QED) is 0.803. The fraction of sp³-hybridized carbons (Fsp3) is 0.800. The Hall–Kier alpha value is -1.03. The first-order valence-corrected chi connectivity index (χ1v) is 7.10. The number of methoxy groups -OCH3 is 1. The molecule has 19 heavy (non-hydrogen) atoms. The number of aryl methyl sites for hydroxylation is 2. The van der Waals surface area contributed by atoms with Crippen LogP contribution in [0.3, 0.4) is 0 Å². The van der Waals surface area contributed by atoms with Crippen molar-refractivity contribution in [1.82, 2.24) is 9.55 Å². The van der Waals surface area contributed by atoms with Gasteiger partial charge in [0.1, 0.15) is 0 Å². The fourth-order valence-corrected chi connectivity index (χ4v) is 2.90. The van der Waals surface area contributed by atoms with E-state index in [-0.39, 0.29) is 0 Å². The number of hydrogen-bond acceptors (Lipinski definition) is 3. The molecule has 1 aromatic rings. The summed E-state index contributed by atoms with van der Waals surface area (Å²) in [5.41, 5.74) is 1.71. The zero-order chi connectivity index (χ0) is 14.3. The number of anilines is 1. The van der Waals surface area contributed by atoms with Crippen LogP contribution in [0.2, 0.25) is 0 Å². The number of imidazole rings is 1. The van der Waals surface area contributed by atoms with Crippen molar-refractivity contribution in [2.24, 2.45) is 10.8 Å². The minimum atomic E-state index is 0.324. The third-order valence-electron chi connectivity index (χ3n) is 4.94. The van der Waals surface area contributed by atoms with Crippen LogP contribution in [-0.4, -0.2) is 29.3 Å². The molecule has 0 aromatic carbocycles. The molecular formula is C15H27N3O. The molecule has 0 bridgehead atoms. The molecular weight excluding hydrogens is 238 g/mol. The number of aromatic nitrogens is 2. The van der Waals surface area contributed by atoms with Gasteiger partial charge < -0.3 is 14.6 Å². The van der Waals surface area contributed by atoms with E-state index in [9.17, 15) is 0 Å². The Morgan fingerprint density at radius 3 is 2.47 bits per heavy atom. The first kappa shape index (κ1) is 14.4. The van der Waals surface area contributed by atoms with E-state index in [4.69, 9.17) is 4.74 Å². The molecule has 0 amide bonds. The summed E-state index contributed by atoms with van der Waals surface area (Å²) in [7, 11) is 1.74. The van der Waals surface area contributed by atoms with Gasteiger partial charge in [-0.2, -0.15) is 0 Å². The van der Waals surface area contributed by atoms with Crippen molar-refractivity contribution in [3.05, 3.63) is 11.9 Å². The Morgan fingerprint density at radius 1 is 1.32 bits per heavy atom. The van der Waals surface area contributed by atoms with Gasteiger partial charge in [-0.15, -0.1) is 0 Å². The van der Waals surface area contributed by atoms with Gasteiger partial charge >= 0.3 is 0 Å². The van der Waals surface area contributed by atoms with Crippen LogP contribution in [0.5, 0.6) is 0 Å². The third kappa shape index (κ3) is 2.50. The molecule has 108 valence electrons. The summed E-state index contributed by atoms with van der Waals surface area (Å²) in [5, 5.41) is 3.62. The van der Waals surface area contributed by atoms with Crippen molar-refractivity contribution in [2.75, 3.05) is 19.0 Å². The maximum Gasteiger partial charge on any atom is 0.203 e. The van der Waals surface area contributed by atoms with Crippen molar-refractivity contribution in [3.63, 3.8) is 0 Å². The molecule has 0 aliphatic heterocycles. The van der Waals surface area contributed by atoms with Gasteiger partial charge in [0, 0.05) is 32.5 Å². The molecule has 0 saturated heterocycles. The van der Waals surface area contributed by atoms with Crippen molar-refractivity contribution in [1.29, 1.82) is 0 Å². The van der Waals surface area contributed by atoms with Gasteiger partial charge in [0.15, 0.2) is 0 Å². The highest BCUT2D eigenvalue weighted by Crippen LogP contribution is 2.63. The summed E-state index contributed by atoms with van der Waals surface area (Å²) in [6.07, 6.45) is 3.12. The Balaban J connectivity index is 2.05. The van der Waals surface area contributed by atoms with Gasteiger partial charge in [0.2, 0.25) is 5.95 Å². The molecule has 0 atom stereocenters. The number of rotatable bonds is 6. The molecule has 0 spiro atoms. The molecule has 1 heterocycles. The average Bonchev–Trinajstić information content (AvgIpc) is 2.61. The molecule has 2 rings (SSSR count). The zero-order valence-electron chi connectivity index (χ0n) is 13.1. The van der Waals surface area contributed by atoms with Crippen molar-refractivity contribution in [3.8, 4) is 0 Å². The highest BCUT2D eigenvalue weighted by Gasteiger charge is 2.65. The largest absolute Gasteiger partial charge is 0.385 e. The van der Waals surface area contributed by atoms with E-state index in [0.717, 1.165) is 31.2 Å². The maximum absolute atomic E-state index is 5.12. The van der Waals surface area contributed by atoms with Crippen LogP contribution in [0.25, 0.3) is 0 Å². The molecule has 1 N–H and O–H groups in total. The lowest BCUT2D eigenvalue weighted by atomic mass is 10.0. The van der Waals surface area contributed by atoms with Crippen LogP contribution in [0, 0.1) is 17.8 Å². The molecule has 0 unspecified atom stereocenters. The fourth-order valence-electron chi connectivity index (χ4n) is 2.90. The van der Waals surface area contributed by atoms with E-state index in [2.05, 4.69) is 48.8 Å². The lowest BCUT2D eigenvalue weighted by molar-refractivity contribution is 0.190. The van der Waals surface area contributed by atoms with E-state index in [0.29, 0.717) is 16.9 Å². The van der Waals surface area contributed by atoms with E-state index >= 15 is 0 Å². The molecule has 4 heteroatoms. The molecule has 1 saturated carbocycles. The zero-order valence-corrected chi connectivity index (χ0v) is 13.1. The second-order valence-electron chi connectivity index (χ2n) is 6.77. The van der Waals surface area contributed by atoms with E-state index in [1.807, 2.05) is 6.92 Å². The number of ether oxygens (including phenoxy) is 1. The number of nitrogens with zero attached hydrogens (tertiary/aromatic N) is 2. The van der Waals surface area contributed by atoms with Crippen molar-refractivity contribution < 1.29 is 4.74 Å². The van der Waals surface area contributed by atoms with E-state index < -0.39 is 0 Å². The van der Waals surface area contributed by atoms with Gasteiger partial charge in [-0.3, -0.25) is 0 Å². The highest BCUT2D eigenvalue weighted by molar-refractivity contribution is 5.38. The van der Waals surface area contributed by atoms with Gasteiger partial charge in [-0.25, -0.2) is 4.98 Å². The van der Waals surface area contributed by atoms with Gasteiger partial charge in [-0.1, -0.05) is 27.7 Å². The van der Waals surface area contributed by atoms with E-state index in [1.54, 1.807) is 7.11 Å². The summed E-state index contributed by atoms with van der Waals surface area (Å²) in [5.74, 6) is 0.997. The SMILES string of the molecule is COCCCn1cc(C)nc1NC1C(C)(C)C1(C)C. The topological polar surface area (TPSA) is 39.1 Å². The molecule has 1 fully saturated rings.